The highest BCUT2D eigenvalue weighted by molar-refractivity contribution is 5.71. The van der Waals surface area contributed by atoms with E-state index < -0.39 is 12.1 Å². The zero-order valence-electron chi connectivity index (χ0n) is 20.6. The number of carbonyl (C=O) groups excluding carboxylic acids is 1. The van der Waals surface area contributed by atoms with Gasteiger partial charge >= 0.3 is 12.3 Å². The first-order valence-electron chi connectivity index (χ1n) is 12.2. The fourth-order valence-electron chi connectivity index (χ4n) is 5.08. The van der Waals surface area contributed by atoms with Crippen molar-refractivity contribution in [1.29, 1.82) is 0 Å². The van der Waals surface area contributed by atoms with Crippen molar-refractivity contribution in [3.05, 3.63) is 59.6 Å². The standard InChI is InChI=1S/C26H21F3N6O4/c1-2-37-22(36)10-14-3-5-19-20-9-15(4-6-21(20)32-23(14)19)24-33-25(39-34-24)16-7-17(35-13-30-12-31-35)11-18(8-16)38-26(27,28)29/h4,6-9,11-14,23H,2-3,5,10H2,1H3. The van der Waals surface area contributed by atoms with Crippen LogP contribution in [0.15, 0.2) is 58.6 Å². The number of carbonyl (C=O) groups is 1. The fourth-order valence-corrected chi connectivity index (χ4v) is 5.08. The molecule has 0 amide bonds. The van der Waals surface area contributed by atoms with E-state index in [-0.39, 0.29) is 40.9 Å². The molecule has 3 heterocycles. The minimum atomic E-state index is -4.89. The van der Waals surface area contributed by atoms with E-state index in [9.17, 15) is 18.0 Å². The lowest BCUT2D eigenvalue weighted by atomic mass is 9.99. The Bertz CT molecular complexity index is 1670. The van der Waals surface area contributed by atoms with Gasteiger partial charge in [0.15, 0.2) is 0 Å². The van der Waals surface area contributed by atoms with Crippen molar-refractivity contribution in [2.45, 2.75) is 38.6 Å². The maximum absolute atomic E-state index is 13.0. The maximum Gasteiger partial charge on any atom is 0.573 e. The van der Waals surface area contributed by atoms with Gasteiger partial charge in [-0.3, -0.25) is 9.79 Å². The Balaban J connectivity index is 1.32. The Morgan fingerprint density at radius 2 is 2.05 bits per heavy atom. The summed E-state index contributed by atoms with van der Waals surface area (Å²) in [4.78, 5) is 25.1. The second kappa shape index (κ2) is 9.64. The summed E-state index contributed by atoms with van der Waals surface area (Å²) in [6.07, 6.45) is -0.288. The number of fused-ring (bicyclic) bond motifs is 2. The summed E-state index contributed by atoms with van der Waals surface area (Å²) < 4.78 is 54.8. The number of ether oxygens (including phenoxy) is 2. The Morgan fingerprint density at radius 1 is 1.18 bits per heavy atom. The maximum atomic E-state index is 13.0. The lowest BCUT2D eigenvalue weighted by Crippen LogP contribution is -2.22. The van der Waals surface area contributed by atoms with E-state index in [0.717, 1.165) is 29.5 Å². The number of hydrogen-bond acceptors (Lipinski definition) is 9. The predicted molar refractivity (Wildman–Crippen MR) is 129 cm³/mol. The number of esters is 1. The van der Waals surface area contributed by atoms with Gasteiger partial charge in [0.05, 0.1) is 30.1 Å². The molecule has 0 N–H and O–H groups in total. The van der Waals surface area contributed by atoms with Gasteiger partial charge in [0.25, 0.3) is 5.89 Å². The van der Waals surface area contributed by atoms with Crippen molar-refractivity contribution >= 4 is 11.5 Å². The average Bonchev–Trinajstić information content (AvgIpc) is 3.68. The Hall–Kier alpha value is -4.55. The molecule has 1 saturated carbocycles. The molecule has 2 aliphatic rings. The number of benzene rings is 2. The molecular formula is C26H21F3N6O4. The average molecular weight is 538 g/mol. The molecule has 4 aromatic rings. The van der Waals surface area contributed by atoms with Crippen molar-refractivity contribution in [2.24, 2.45) is 10.9 Å². The molecule has 1 aliphatic heterocycles. The SMILES string of the molecule is CCOC(=O)CC1CCC2=c3cc(-c4noc(-c5cc(OC(F)(F)F)cc(-n6cncn6)c5)n4)ccc3=NC21. The fraction of sp³-hybridized carbons (Fsp3) is 0.308. The van der Waals surface area contributed by atoms with Gasteiger partial charge in [0.1, 0.15) is 18.4 Å². The number of halogens is 3. The first-order valence-corrected chi connectivity index (χ1v) is 12.2. The summed E-state index contributed by atoms with van der Waals surface area (Å²) in [5.41, 5.74) is 2.31. The number of hydrogen-bond donors (Lipinski definition) is 0. The van der Waals surface area contributed by atoms with Gasteiger partial charge in [0, 0.05) is 22.4 Å². The van der Waals surface area contributed by atoms with Crippen molar-refractivity contribution in [2.75, 3.05) is 6.61 Å². The normalized spacial score (nSPS) is 18.0. The van der Waals surface area contributed by atoms with Crippen molar-refractivity contribution in [3.8, 4) is 34.3 Å². The molecule has 200 valence electrons. The van der Waals surface area contributed by atoms with E-state index in [4.69, 9.17) is 14.3 Å². The molecule has 2 aromatic carbocycles. The highest BCUT2D eigenvalue weighted by Gasteiger charge is 2.36. The monoisotopic (exact) mass is 538 g/mol. The quantitative estimate of drug-likeness (QED) is 0.329. The summed E-state index contributed by atoms with van der Waals surface area (Å²) >= 11 is 0. The molecule has 2 atom stereocenters. The van der Waals surface area contributed by atoms with Gasteiger partial charge in [0.2, 0.25) is 5.82 Å². The van der Waals surface area contributed by atoms with Crippen LogP contribution in [0.3, 0.4) is 0 Å². The van der Waals surface area contributed by atoms with Crippen LogP contribution in [0.2, 0.25) is 0 Å². The number of nitrogens with zero attached hydrogens (tertiary/aromatic N) is 6. The summed E-state index contributed by atoms with van der Waals surface area (Å²) in [6, 6.07) is 9.43. The largest absolute Gasteiger partial charge is 0.573 e. The lowest BCUT2D eigenvalue weighted by Gasteiger charge is -2.13. The van der Waals surface area contributed by atoms with E-state index in [2.05, 4.69) is 25.0 Å². The molecule has 2 unspecified atom stereocenters. The molecule has 2 aromatic heterocycles. The Morgan fingerprint density at radius 3 is 2.82 bits per heavy atom. The first kappa shape index (κ1) is 24.8. The summed E-state index contributed by atoms with van der Waals surface area (Å²) in [5.74, 6) is -0.318. The van der Waals surface area contributed by atoms with Crippen molar-refractivity contribution in [1.82, 2.24) is 24.9 Å². The topological polar surface area (TPSA) is 118 Å². The molecular weight excluding hydrogens is 517 g/mol. The lowest BCUT2D eigenvalue weighted by molar-refractivity contribution is -0.274. The molecule has 6 rings (SSSR count). The zero-order valence-corrected chi connectivity index (χ0v) is 20.6. The van der Waals surface area contributed by atoms with Gasteiger partial charge < -0.3 is 14.0 Å². The summed E-state index contributed by atoms with van der Waals surface area (Å²) in [7, 11) is 0. The van der Waals surface area contributed by atoms with Gasteiger partial charge in [-0.15, -0.1) is 13.2 Å². The van der Waals surface area contributed by atoms with Crippen LogP contribution in [-0.4, -0.2) is 49.9 Å². The van der Waals surface area contributed by atoms with Crippen LogP contribution in [0.5, 0.6) is 5.75 Å². The second-order valence-corrected chi connectivity index (χ2v) is 9.17. The number of alkyl halides is 3. The van der Waals surface area contributed by atoms with Gasteiger partial charge in [-0.2, -0.15) is 10.1 Å². The van der Waals surface area contributed by atoms with Crippen LogP contribution < -0.4 is 15.3 Å². The molecule has 13 heteroatoms. The molecule has 0 radical (unpaired) electrons. The van der Waals surface area contributed by atoms with Gasteiger partial charge in [-0.25, -0.2) is 9.67 Å². The van der Waals surface area contributed by atoms with Crippen molar-refractivity contribution in [3.63, 3.8) is 0 Å². The van der Waals surface area contributed by atoms with E-state index >= 15 is 0 Å². The highest BCUT2D eigenvalue weighted by atomic mass is 19.4. The second-order valence-electron chi connectivity index (χ2n) is 9.17. The molecule has 1 fully saturated rings. The molecule has 10 nitrogen and oxygen atoms in total. The van der Waals surface area contributed by atoms with E-state index in [1.54, 1.807) is 13.0 Å². The minimum Gasteiger partial charge on any atom is -0.466 e. The van der Waals surface area contributed by atoms with Gasteiger partial charge in [-0.1, -0.05) is 5.16 Å². The Labute approximate surface area is 218 Å². The minimum absolute atomic E-state index is 0.00470. The molecule has 0 spiro atoms. The third-order valence-corrected chi connectivity index (χ3v) is 6.68. The summed E-state index contributed by atoms with van der Waals surface area (Å²) in [6.45, 7) is 2.13. The van der Waals surface area contributed by atoms with Crippen LogP contribution >= 0.6 is 0 Å². The third-order valence-electron chi connectivity index (χ3n) is 6.68. The van der Waals surface area contributed by atoms with Crippen LogP contribution in [0.25, 0.3) is 34.1 Å². The van der Waals surface area contributed by atoms with Crippen molar-refractivity contribution < 1.29 is 32.0 Å². The predicted octanol–water partition coefficient (Wildman–Crippen LogP) is 3.40. The van der Waals surface area contributed by atoms with E-state index in [1.807, 2.05) is 18.2 Å². The van der Waals surface area contributed by atoms with E-state index in [0.29, 0.717) is 18.6 Å². The van der Waals surface area contributed by atoms with Crippen LogP contribution in [0, 0.1) is 5.92 Å². The summed E-state index contributed by atoms with van der Waals surface area (Å²) in [5, 5.41) is 9.84. The van der Waals surface area contributed by atoms with E-state index in [1.165, 1.54) is 29.0 Å². The molecule has 0 bridgehead atoms. The zero-order chi connectivity index (χ0) is 27.1. The number of aromatic nitrogens is 5. The van der Waals surface area contributed by atoms with Crippen LogP contribution in [0.4, 0.5) is 13.2 Å². The third kappa shape index (κ3) is 4.99. The first-order chi connectivity index (χ1) is 18.8. The molecule has 0 saturated heterocycles. The smallest absolute Gasteiger partial charge is 0.466 e. The number of rotatable bonds is 7. The molecule has 1 aliphatic carbocycles. The van der Waals surface area contributed by atoms with Crippen LogP contribution in [-0.2, 0) is 9.53 Å². The highest BCUT2D eigenvalue weighted by Crippen LogP contribution is 2.37. The molecule has 39 heavy (non-hydrogen) atoms. The Kier molecular flexibility index (Phi) is 6.12. The van der Waals surface area contributed by atoms with Crippen LogP contribution in [0.1, 0.15) is 26.2 Å². The van der Waals surface area contributed by atoms with Gasteiger partial charge in [-0.05, 0) is 61.6 Å².